The molecule has 11 rings (SSSR count). The predicted molar refractivity (Wildman–Crippen MR) is 301 cm³/mol. The summed E-state index contributed by atoms with van der Waals surface area (Å²) in [6, 6.07) is 53.9. The molecular weight excluding hydrogens is 873 g/mol. The number of fused-ring (bicyclic) bond motifs is 6. The third-order valence-electron chi connectivity index (χ3n) is 16.4. The van der Waals surface area contributed by atoms with Crippen LogP contribution in [0.3, 0.4) is 0 Å². The van der Waals surface area contributed by atoms with E-state index in [1.165, 1.54) is 100 Å². The van der Waals surface area contributed by atoms with Crippen molar-refractivity contribution in [1.29, 1.82) is 0 Å². The zero-order valence-corrected chi connectivity index (χ0v) is 44.1. The van der Waals surface area contributed by atoms with Gasteiger partial charge in [-0.25, -0.2) is 0 Å². The molecule has 4 atom stereocenters. The molecule has 0 saturated carbocycles. The van der Waals surface area contributed by atoms with Gasteiger partial charge in [-0.1, -0.05) is 156 Å². The van der Waals surface area contributed by atoms with Crippen molar-refractivity contribution in [3.8, 4) is 44.5 Å². The van der Waals surface area contributed by atoms with Crippen molar-refractivity contribution in [1.82, 2.24) is 0 Å². The van der Waals surface area contributed by atoms with E-state index < -0.39 is 12.2 Å². The first-order valence-corrected chi connectivity index (χ1v) is 25.8. The number of hydrogen-bond acceptors (Lipinski definition) is 2. The number of rotatable bonds is 8. The molecule has 2 aliphatic carbocycles. The van der Waals surface area contributed by atoms with Crippen LogP contribution in [0, 0.1) is 83.1 Å². The fourth-order valence-electron chi connectivity index (χ4n) is 14.0. The lowest BCUT2D eigenvalue weighted by molar-refractivity contribution is 0.215. The molecule has 2 aliphatic rings. The van der Waals surface area contributed by atoms with Crippen LogP contribution < -0.4 is 0 Å². The van der Waals surface area contributed by atoms with Crippen molar-refractivity contribution in [2.24, 2.45) is 0 Å². The third-order valence-corrected chi connectivity index (χ3v) is 16.4. The molecule has 0 fully saturated rings. The molecule has 0 heterocycles. The first-order chi connectivity index (χ1) is 34.5. The van der Waals surface area contributed by atoms with Crippen LogP contribution in [0.2, 0.25) is 0 Å². The lowest BCUT2D eigenvalue weighted by Gasteiger charge is -2.28. The monoisotopic (exact) mass is 939 g/mol. The van der Waals surface area contributed by atoms with Gasteiger partial charge in [0.2, 0.25) is 0 Å². The standard InChI is InChI=1S/C70H66O2/c1-37-27-41(5)61(42(6)28-37)67-51-21-15-13-19-49(51)65-53(23-17-25-55(65)67)57-35-60(70(72)64-47(11)33-40(4)34-48(64)12)58(36-59(57)69(71)63-45(9)31-39(3)32-46(63)10)54-24-18-26-56-66(54)50-20-14-16-22-52(50)68(56)62-43(7)29-38(2)30-44(62)8/h13-36,67-72H,1-12H3. The first-order valence-electron chi connectivity index (χ1n) is 25.8. The maximum atomic E-state index is 13.5. The number of aliphatic hydroxyl groups is 2. The van der Waals surface area contributed by atoms with Crippen molar-refractivity contribution in [3.63, 3.8) is 0 Å². The molecule has 0 aliphatic heterocycles. The Morgan fingerprint density at radius 3 is 0.903 bits per heavy atom. The minimum atomic E-state index is -0.979. The van der Waals surface area contributed by atoms with Gasteiger partial charge in [-0.3, -0.25) is 0 Å². The molecule has 0 spiro atoms. The lowest BCUT2D eigenvalue weighted by atomic mass is 9.78. The summed E-state index contributed by atoms with van der Waals surface area (Å²) in [6.45, 7) is 26.2. The second-order valence-electron chi connectivity index (χ2n) is 21.7. The summed E-state index contributed by atoms with van der Waals surface area (Å²) in [5.41, 5.74) is 34.2. The molecule has 2 nitrogen and oxygen atoms in total. The van der Waals surface area contributed by atoms with Crippen LogP contribution in [0.5, 0.6) is 0 Å². The van der Waals surface area contributed by atoms with Crippen LogP contribution in [0.15, 0.2) is 146 Å². The molecule has 358 valence electrons. The lowest BCUT2D eigenvalue weighted by Crippen LogP contribution is -2.12. The van der Waals surface area contributed by atoms with Crippen LogP contribution >= 0.6 is 0 Å². The Balaban J connectivity index is 1.26. The highest BCUT2D eigenvalue weighted by Crippen LogP contribution is 2.57. The summed E-state index contributed by atoms with van der Waals surface area (Å²) in [5, 5.41) is 26.9. The smallest absolute Gasteiger partial charge is 0.105 e. The summed E-state index contributed by atoms with van der Waals surface area (Å²) in [4.78, 5) is 0. The molecule has 0 aromatic heterocycles. The Morgan fingerprint density at radius 2 is 0.569 bits per heavy atom. The quantitative estimate of drug-likeness (QED) is 0.159. The number of aryl methyl sites for hydroxylation is 12. The predicted octanol–water partition coefficient (Wildman–Crippen LogP) is 17.2. The molecule has 0 radical (unpaired) electrons. The largest absolute Gasteiger partial charge is 0.384 e. The molecule has 9 aromatic rings. The Kier molecular flexibility index (Phi) is 11.7. The highest BCUT2D eigenvalue weighted by molar-refractivity contribution is 5.97. The highest BCUT2D eigenvalue weighted by Gasteiger charge is 2.38. The average Bonchev–Trinajstić information content (AvgIpc) is 3.83. The van der Waals surface area contributed by atoms with Crippen LogP contribution in [-0.4, -0.2) is 10.2 Å². The van der Waals surface area contributed by atoms with Gasteiger partial charge in [-0.05, 0) is 240 Å². The van der Waals surface area contributed by atoms with Crippen molar-refractivity contribution in [2.45, 2.75) is 107 Å². The Labute approximate surface area is 427 Å². The molecule has 72 heavy (non-hydrogen) atoms. The van der Waals surface area contributed by atoms with E-state index in [9.17, 15) is 10.2 Å². The van der Waals surface area contributed by atoms with E-state index in [2.05, 4.69) is 229 Å². The van der Waals surface area contributed by atoms with Crippen LogP contribution in [0.25, 0.3) is 44.5 Å². The van der Waals surface area contributed by atoms with Crippen LogP contribution in [0.4, 0.5) is 0 Å². The molecule has 0 saturated heterocycles. The van der Waals surface area contributed by atoms with Gasteiger partial charge in [0.15, 0.2) is 0 Å². The summed E-state index contributed by atoms with van der Waals surface area (Å²) < 4.78 is 0. The number of aliphatic hydroxyl groups excluding tert-OH is 2. The maximum Gasteiger partial charge on any atom is 0.105 e. The maximum absolute atomic E-state index is 13.5. The van der Waals surface area contributed by atoms with E-state index in [4.69, 9.17) is 0 Å². The SMILES string of the molecule is Cc1cc(C)c(C(O)c2cc(-c3cccc4c3-c3ccccc3C4c3c(C)cc(C)cc3C)c(C(O)c3c(C)cc(C)cc3C)cc2-c2cccc3c2-c2ccccc2C3c2c(C)cc(C)cc2C)c(C)c1. The number of hydrogen-bond donors (Lipinski definition) is 2. The summed E-state index contributed by atoms with van der Waals surface area (Å²) in [6.07, 6.45) is -1.96. The fraction of sp³-hybridized carbons (Fsp3) is 0.229. The van der Waals surface area contributed by atoms with Gasteiger partial charge in [0.05, 0.1) is 0 Å². The Bertz CT molecular complexity index is 3380. The molecular formula is C70H66O2. The average molecular weight is 939 g/mol. The number of benzene rings is 9. The van der Waals surface area contributed by atoms with Gasteiger partial charge >= 0.3 is 0 Å². The van der Waals surface area contributed by atoms with E-state index >= 15 is 0 Å². The molecule has 2 N–H and O–H groups in total. The van der Waals surface area contributed by atoms with Crippen molar-refractivity contribution < 1.29 is 10.2 Å². The van der Waals surface area contributed by atoms with Crippen molar-refractivity contribution >= 4 is 0 Å². The topological polar surface area (TPSA) is 40.5 Å². The molecule has 2 heteroatoms. The van der Waals surface area contributed by atoms with E-state index in [1.807, 2.05) is 0 Å². The zero-order valence-electron chi connectivity index (χ0n) is 44.1. The molecule has 0 amide bonds. The van der Waals surface area contributed by atoms with Gasteiger partial charge in [0.25, 0.3) is 0 Å². The third kappa shape index (κ3) is 7.53. The molecule has 4 unspecified atom stereocenters. The minimum Gasteiger partial charge on any atom is -0.384 e. The second-order valence-corrected chi connectivity index (χ2v) is 21.7. The van der Waals surface area contributed by atoms with E-state index in [1.54, 1.807) is 0 Å². The summed E-state index contributed by atoms with van der Waals surface area (Å²) >= 11 is 0. The normalized spacial score (nSPS) is 15.2. The summed E-state index contributed by atoms with van der Waals surface area (Å²) in [7, 11) is 0. The minimum absolute atomic E-state index is 0.0367. The van der Waals surface area contributed by atoms with E-state index in [-0.39, 0.29) is 11.8 Å². The van der Waals surface area contributed by atoms with Gasteiger partial charge in [-0.2, -0.15) is 0 Å². The summed E-state index contributed by atoms with van der Waals surface area (Å²) in [5.74, 6) is 0.0734. The highest BCUT2D eigenvalue weighted by atomic mass is 16.3. The zero-order chi connectivity index (χ0) is 50.6. The van der Waals surface area contributed by atoms with Crippen molar-refractivity contribution in [2.75, 3.05) is 0 Å². The van der Waals surface area contributed by atoms with Crippen LogP contribution in [-0.2, 0) is 0 Å². The van der Waals surface area contributed by atoms with Crippen molar-refractivity contribution in [3.05, 3.63) is 268 Å². The Hall–Kier alpha value is -7.10. The van der Waals surface area contributed by atoms with Crippen LogP contribution in [0.1, 0.15) is 146 Å². The van der Waals surface area contributed by atoms with Gasteiger partial charge in [0, 0.05) is 11.8 Å². The van der Waals surface area contributed by atoms with Gasteiger partial charge in [0.1, 0.15) is 12.2 Å². The van der Waals surface area contributed by atoms with E-state index in [0.717, 1.165) is 66.8 Å². The molecule has 9 aromatic carbocycles. The van der Waals surface area contributed by atoms with Gasteiger partial charge in [-0.15, -0.1) is 0 Å². The first kappa shape index (κ1) is 47.2. The Morgan fingerprint density at radius 1 is 0.292 bits per heavy atom. The molecule has 0 bridgehead atoms. The van der Waals surface area contributed by atoms with E-state index in [0.29, 0.717) is 0 Å². The van der Waals surface area contributed by atoms with Gasteiger partial charge < -0.3 is 10.2 Å². The second kappa shape index (κ2) is 17.9. The fourth-order valence-corrected chi connectivity index (χ4v) is 14.0.